The highest BCUT2D eigenvalue weighted by Gasteiger charge is 2.27. The summed E-state index contributed by atoms with van der Waals surface area (Å²) in [5.74, 6) is -1.37. The third-order valence-corrected chi connectivity index (χ3v) is 3.80. The second-order valence-corrected chi connectivity index (χ2v) is 5.34. The first-order chi connectivity index (χ1) is 12.0. The van der Waals surface area contributed by atoms with Gasteiger partial charge >= 0.3 is 11.9 Å². The van der Waals surface area contributed by atoms with Gasteiger partial charge in [-0.05, 0) is 37.5 Å². The molecular weight excluding hydrogens is 320 g/mol. The summed E-state index contributed by atoms with van der Waals surface area (Å²) in [5.41, 5.74) is 1.69. The largest absolute Gasteiger partial charge is 0.507 e. The summed E-state index contributed by atoms with van der Waals surface area (Å²) in [5, 5.41) is 10.6. The molecule has 0 aromatic heterocycles. The molecule has 2 aromatic rings. The zero-order valence-corrected chi connectivity index (χ0v) is 14.7. The minimum atomic E-state index is -0.667. The maximum Gasteiger partial charge on any atom is 0.342 e. The van der Waals surface area contributed by atoms with Crippen LogP contribution in [0.15, 0.2) is 36.4 Å². The van der Waals surface area contributed by atoms with Crippen LogP contribution in [-0.2, 0) is 15.9 Å². The van der Waals surface area contributed by atoms with Crippen LogP contribution in [0.2, 0.25) is 0 Å². The third kappa shape index (κ3) is 3.82. The maximum atomic E-state index is 12.5. The molecule has 0 fully saturated rings. The van der Waals surface area contributed by atoms with Crippen LogP contribution in [-0.4, -0.2) is 30.3 Å². The smallest absolute Gasteiger partial charge is 0.342 e. The van der Waals surface area contributed by atoms with Gasteiger partial charge in [0.2, 0.25) is 0 Å². The van der Waals surface area contributed by atoms with E-state index in [2.05, 4.69) is 0 Å². The Labute approximate surface area is 147 Å². The van der Waals surface area contributed by atoms with Gasteiger partial charge in [-0.25, -0.2) is 9.59 Å². The van der Waals surface area contributed by atoms with Crippen LogP contribution in [0.3, 0.4) is 0 Å². The van der Waals surface area contributed by atoms with E-state index in [1.54, 1.807) is 44.2 Å². The molecule has 2 aromatic carbocycles. The van der Waals surface area contributed by atoms with Gasteiger partial charge in [0.05, 0.1) is 18.8 Å². The molecule has 0 unspecified atom stereocenters. The summed E-state index contributed by atoms with van der Waals surface area (Å²) in [4.78, 5) is 25.0. The lowest BCUT2D eigenvalue weighted by Crippen LogP contribution is -2.14. The van der Waals surface area contributed by atoms with Crippen molar-refractivity contribution in [2.75, 3.05) is 13.2 Å². The number of aryl methyl sites for hydroxylation is 1. The standard InChI is InChI=1S/C20H22O5/c1-4-13-12-15(19(22)24-5-2)16(14-10-8-7-9-11-14)17(18(13)21)20(23)25-6-3/h7-12,21H,4-6H2,1-3H3. The van der Waals surface area contributed by atoms with Crippen LogP contribution in [0.25, 0.3) is 11.1 Å². The first-order valence-electron chi connectivity index (χ1n) is 8.33. The van der Waals surface area contributed by atoms with Gasteiger partial charge in [0.15, 0.2) is 0 Å². The maximum absolute atomic E-state index is 12.5. The van der Waals surface area contributed by atoms with E-state index in [1.807, 2.05) is 13.0 Å². The minimum absolute atomic E-state index is 0.00421. The van der Waals surface area contributed by atoms with E-state index in [1.165, 1.54) is 0 Å². The van der Waals surface area contributed by atoms with E-state index in [9.17, 15) is 14.7 Å². The summed E-state index contributed by atoms with van der Waals surface area (Å²) in [7, 11) is 0. The van der Waals surface area contributed by atoms with Gasteiger partial charge in [0.25, 0.3) is 0 Å². The van der Waals surface area contributed by atoms with Gasteiger partial charge in [0.1, 0.15) is 11.3 Å². The van der Waals surface area contributed by atoms with E-state index < -0.39 is 11.9 Å². The molecule has 0 bridgehead atoms. The fourth-order valence-corrected chi connectivity index (χ4v) is 2.67. The molecule has 1 N–H and O–H groups in total. The highest BCUT2D eigenvalue weighted by molar-refractivity contribution is 6.08. The number of carbonyl (C=O) groups is 2. The van der Waals surface area contributed by atoms with Crippen molar-refractivity contribution < 1.29 is 24.2 Å². The number of carbonyl (C=O) groups excluding carboxylic acids is 2. The summed E-state index contributed by atoms with van der Waals surface area (Å²) < 4.78 is 10.3. The number of esters is 2. The molecule has 0 spiro atoms. The summed E-state index contributed by atoms with van der Waals surface area (Å²) in [6.07, 6.45) is 0.458. The topological polar surface area (TPSA) is 72.8 Å². The molecule has 0 saturated carbocycles. The van der Waals surface area contributed by atoms with Crippen molar-refractivity contribution in [3.63, 3.8) is 0 Å². The van der Waals surface area contributed by atoms with Gasteiger partial charge in [-0.3, -0.25) is 0 Å². The van der Waals surface area contributed by atoms with Crippen LogP contribution in [0.4, 0.5) is 0 Å². The van der Waals surface area contributed by atoms with Gasteiger partial charge in [-0.1, -0.05) is 37.3 Å². The number of benzene rings is 2. The van der Waals surface area contributed by atoms with Gasteiger partial charge in [-0.2, -0.15) is 0 Å². The molecule has 0 heterocycles. The molecule has 0 aliphatic rings. The van der Waals surface area contributed by atoms with Crippen molar-refractivity contribution in [1.29, 1.82) is 0 Å². The first-order valence-corrected chi connectivity index (χ1v) is 8.33. The molecule has 2 rings (SSSR count). The Kier molecular flexibility index (Phi) is 6.17. The Hall–Kier alpha value is -2.82. The number of aromatic hydroxyl groups is 1. The van der Waals surface area contributed by atoms with Crippen LogP contribution in [0, 0.1) is 0 Å². The van der Waals surface area contributed by atoms with Crippen LogP contribution >= 0.6 is 0 Å². The van der Waals surface area contributed by atoms with Crippen LogP contribution in [0.1, 0.15) is 47.1 Å². The van der Waals surface area contributed by atoms with Crippen molar-refractivity contribution in [3.8, 4) is 16.9 Å². The normalized spacial score (nSPS) is 10.4. The molecule has 0 amide bonds. The van der Waals surface area contributed by atoms with Crippen molar-refractivity contribution >= 4 is 11.9 Å². The number of hydrogen-bond donors (Lipinski definition) is 1. The average Bonchev–Trinajstić information content (AvgIpc) is 2.62. The van der Waals surface area contributed by atoms with Crippen molar-refractivity contribution in [3.05, 3.63) is 53.1 Å². The first kappa shape index (κ1) is 18.5. The Morgan fingerprint density at radius 1 is 0.960 bits per heavy atom. The Morgan fingerprint density at radius 2 is 1.56 bits per heavy atom. The molecule has 0 aliphatic carbocycles. The van der Waals surface area contributed by atoms with E-state index in [0.29, 0.717) is 23.1 Å². The minimum Gasteiger partial charge on any atom is -0.507 e. The second kappa shape index (κ2) is 8.33. The van der Waals surface area contributed by atoms with Crippen molar-refractivity contribution in [1.82, 2.24) is 0 Å². The quantitative estimate of drug-likeness (QED) is 0.804. The van der Waals surface area contributed by atoms with E-state index in [0.717, 1.165) is 0 Å². The molecule has 132 valence electrons. The van der Waals surface area contributed by atoms with Crippen LogP contribution < -0.4 is 0 Å². The molecule has 0 atom stereocenters. The number of phenolic OH excluding ortho intramolecular Hbond substituents is 1. The number of rotatable bonds is 6. The van der Waals surface area contributed by atoms with Gasteiger partial charge in [0, 0.05) is 5.56 Å². The summed E-state index contributed by atoms with van der Waals surface area (Å²) in [6.45, 7) is 5.61. The third-order valence-electron chi connectivity index (χ3n) is 3.80. The van der Waals surface area contributed by atoms with Gasteiger partial charge < -0.3 is 14.6 Å². The Balaban J connectivity index is 2.84. The molecule has 25 heavy (non-hydrogen) atoms. The van der Waals surface area contributed by atoms with E-state index in [4.69, 9.17) is 9.47 Å². The molecule has 0 saturated heterocycles. The zero-order chi connectivity index (χ0) is 18.4. The molecular formula is C20H22O5. The van der Waals surface area contributed by atoms with E-state index >= 15 is 0 Å². The fraction of sp³-hybridized carbons (Fsp3) is 0.300. The SMILES string of the molecule is CCOC(=O)c1cc(CC)c(O)c(C(=O)OCC)c1-c1ccccc1. The summed E-state index contributed by atoms with van der Waals surface area (Å²) in [6, 6.07) is 10.5. The Morgan fingerprint density at radius 3 is 2.12 bits per heavy atom. The zero-order valence-electron chi connectivity index (χ0n) is 14.7. The number of hydrogen-bond acceptors (Lipinski definition) is 5. The highest BCUT2D eigenvalue weighted by Crippen LogP contribution is 2.37. The fourth-order valence-electron chi connectivity index (χ4n) is 2.67. The van der Waals surface area contributed by atoms with Crippen LogP contribution in [0.5, 0.6) is 5.75 Å². The monoisotopic (exact) mass is 342 g/mol. The number of phenols is 1. The lowest BCUT2D eigenvalue weighted by Gasteiger charge is -2.18. The lowest BCUT2D eigenvalue weighted by molar-refractivity contribution is 0.0523. The summed E-state index contributed by atoms with van der Waals surface area (Å²) >= 11 is 0. The molecule has 5 heteroatoms. The Bertz CT molecular complexity index is 765. The molecule has 0 radical (unpaired) electrons. The second-order valence-electron chi connectivity index (χ2n) is 5.34. The number of ether oxygens (including phenoxy) is 2. The lowest BCUT2D eigenvalue weighted by atomic mass is 9.90. The highest BCUT2D eigenvalue weighted by atomic mass is 16.5. The van der Waals surface area contributed by atoms with E-state index in [-0.39, 0.29) is 30.1 Å². The van der Waals surface area contributed by atoms with Crippen molar-refractivity contribution in [2.45, 2.75) is 27.2 Å². The molecule has 0 aliphatic heterocycles. The van der Waals surface area contributed by atoms with Crippen molar-refractivity contribution in [2.24, 2.45) is 0 Å². The van der Waals surface area contributed by atoms with Gasteiger partial charge in [-0.15, -0.1) is 0 Å². The average molecular weight is 342 g/mol. The molecule has 5 nitrogen and oxygen atoms in total. The predicted octanol–water partition coefficient (Wildman–Crippen LogP) is 3.98. The predicted molar refractivity (Wildman–Crippen MR) is 94.8 cm³/mol.